The third-order valence-corrected chi connectivity index (χ3v) is 5.44. The smallest absolute Gasteiger partial charge is 0.266 e. The first-order valence-electron chi connectivity index (χ1n) is 10.0. The van der Waals surface area contributed by atoms with E-state index in [4.69, 9.17) is 9.47 Å². The molecule has 0 aromatic heterocycles. The largest absolute Gasteiger partial charge is 0.493 e. The Labute approximate surface area is 182 Å². The minimum absolute atomic E-state index is 0.0167. The van der Waals surface area contributed by atoms with Crippen LogP contribution >= 0.6 is 11.8 Å². The minimum atomic E-state index is -0.0167. The van der Waals surface area contributed by atoms with Gasteiger partial charge in [-0.3, -0.25) is 14.7 Å². The zero-order valence-corrected chi connectivity index (χ0v) is 18.9. The number of rotatable bonds is 7. The van der Waals surface area contributed by atoms with Crippen molar-refractivity contribution in [3.05, 3.63) is 64.6 Å². The average molecular weight is 425 g/mol. The highest BCUT2D eigenvalue weighted by Gasteiger charge is 2.35. The van der Waals surface area contributed by atoms with E-state index in [0.29, 0.717) is 23.0 Å². The number of amidine groups is 1. The summed E-state index contributed by atoms with van der Waals surface area (Å²) in [5, 5.41) is 0.755. The third-order valence-electron chi connectivity index (χ3n) is 4.44. The summed E-state index contributed by atoms with van der Waals surface area (Å²) in [5.41, 5.74) is 1.95. The van der Waals surface area contributed by atoms with Gasteiger partial charge >= 0.3 is 0 Å². The maximum atomic E-state index is 13.0. The quantitative estimate of drug-likeness (QED) is 0.561. The second-order valence-corrected chi connectivity index (χ2v) is 8.58. The molecule has 1 fully saturated rings. The first-order valence-corrected chi connectivity index (χ1v) is 10.9. The van der Waals surface area contributed by atoms with Gasteiger partial charge < -0.3 is 9.47 Å². The van der Waals surface area contributed by atoms with Crippen LogP contribution in [0.5, 0.6) is 11.5 Å². The monoisotopic (exact) mass is 424 g/mol. The van der Waals surface area contributed by atoms with Crippen LogP contribution in [0.1, 0.15) is 38.8 Å². The van der Waals surface area contributed by atoms with Crippen LogP contribution in [-0.2, 0) is 11.4 Å². The fraction of sp³-hybridized carbons (Fsp3) is 0.333. The molecule has 1 heterocycles. The number of carbonyl (C=O) groups is 1. The number of hydrogen-bond donors (Lipinski definition) is 0. The molecule has 30 heavy (non-hydrogen) atoms. The Morgan fingerprint density at radius 1 is 1.07 bits per heavy atom. The lowest BCUT2D eigenvalue weighted by atomic mass is 10.1. The molecule has 0 spiro atoms. The molecule has 3 rings (SSSR count). The van der Waals surface area contributed by atoms with Gasteiger partial charge in [0.25, 0.3) is 5.91 Å². The molecular weight excluding hydrogens is 396 g/mol. The summed E-state index contributed by atoms with van der Waals surface area (Å²) in [5.74, 6) is 1.28. The standard InChI is InChI=1S/C24H28N2O3S/c1-16(2)25-24-26(17(3)4)23(27)22(30-24)14-19-11-12-20(28-5)21(13-19)29-15-18-9-7-6-8-10-18/h6-14,16-17H,15H2,1-5H3/b22-14+,25-24?. The molecule has 2 aromatic carbocycles. The minimum Gasteiger partial charge on any atom is -0.493 e. The van der Waals surface area contributed by atoms with Gasteiger partial charge in [-0.2, -0.15) is 0 Å². The van der Waals surface area contributed by atoms with Crippen molar-refractivity contribution in [1.82, 2.24) is 4.90 Å². The van der Waals surface area contributed by atoms with E-state index in [2.05, 4.69) is 4.99 Å². The summed E-state index contributed by atoms with van der Waals surface area (Å²) >= 11 is 1.42. The molecule has 0 radical (unpaired) electrons. The highest BCUT2D eigenvalue weighted by atomic mass is 32.2. The molecule has 0 saturated carbocycles. The topological polar surface area (TPSA) is 51.1 Å². The molecule has 0 N–H and O–H groups in total. The zero-order valence-electron chi connectivity index (χ0n) is 18.1. The Morgan fingerprint density at radius 3 is 2.43 bits per heavy atom. The first kappa shape index (κ1) is 22.0. The van der Waals surface area contributed by atoms with Crippen molar-refractivity contribution >= 4 is 28.9 Å². The molecule has 2 aromatic rings. The van der Waals surface area contributed by atoms with Crippen LogP contribution in [0.15, 0.2) is 58.4 Å². The fourth-order valence-corrected chi connectivity index (χ4v) is 4.27. The Kier molecular flexibility index (Phi) is 7.21. The molecule has 1 saturated heterocycles. The second kappa shape index (κ2) is 9.85. The van der Waals surface area contributed by atoms with Crippen LogP contribution in [0, 0.1) is 0 Å². The molecule has 6 heteroatoms. The van der Waals surface area contributed by atoms with Gasteiger partial charge in [-0.25, -0.2) is 0 Å². The van der Waals surface area contributed by atoms with Gasteiger partial charge in [0.1, 0.15) is 6.61 Å². The van der Waals surface area contributed by atoms with Crippen molar-refractivity contribution in [2.45, 2.75) is 46.4 Å². The van der Waals surface area contributed by atoms with Crippen LogP contribution in [0.25, 0.3) is 6.08 Å². The van der Waals surface area contributed by atoms with Crippen molar-refractivity contribution in [3.8, 4) is 11.5 Å². The van der Waals surface area contributed by atoms with Gasteiger partial charge in [0, 0.05) is 12.1 Å². The van der Waals surface area contributed by atoms with E-state index >= 15 is 0 Å². The summed E-state index contributed by atoms with van der Waals surface area (Å²) in [7, 11) is 1.62. The van der Waals surface area contributed by atoms with Gasteiger partial charge in [-0.05, 0) is 68.8 Å². The van der Waals surface area contributed by atoms with Crippen LogP contribution in [0.3, 0.4) is 0 Å². The number of carbonyl (C=O) groups excluding carboxylic acids is 1. The van der Waals surface area contributed by atoms with Crippen molar-refractivity contribution in [2.24, 2.45) is 4.99 Å². The number of ether oxygens (including phenoxy) is 2. The molecular formula is C24H28N2O3S. The number of benzene rings is 2. The molecule has 1 aliphatic rings. The lowest BCUT2D eigenvalue weighted by Gasteiger charge is -2.20. The Balaban J connectivity index is 1.86. The van der Waals surface area contributed by atoms with Crippen LogP contribution < -0.4 is 9.47 Å². The maximum Gasteiger partial charge on any atom is 0.266 e. The number of nitrogens with zero attached hydrogens (tertiary/aromatic N) is 2. The normalized spacial score (nSPS) is 16.9. The summed E-state index contributed by atoms with van der Waals surface area (Å²) in [6, 6.07) is 15.8. The van der Waals surface area contributed by atoms with E-state index in [1.54, 1.807) is 12.0 Å². The SMILES string of the molecule is COc1ccc(/C=C2/SC(=NC(C)C)N(C(C)C)C2=O)cc1OCc1ccccc1. The van der Waals surface area contributed by atoms with Crippen molar-refractivity contribution in [2.75, 3.05) is 7.11 Å². The van der Waals surface area contributed by atoms with E-state index < -0.39 is 0 Å². The lowest BCUT2D eigenvalue weighted by Crippen LogP contribution is -2.35. The van der Waals surface area contributed by atoms with Crippen molar-refractivity contribution in [1.29, 1.82) is 0 Å². The van der Waals surface area contributed by atoms with E-state index in [9.17, 15) is 4.79 Å². The Bertz CT molecular complexity index is 952. The number of methoxy groups -OCH3 is 1. The highest BCUT2D eigenvalue weighted by molar-refractivity contribution is 8.18. The van der Waals surface area contributed by atoms with Gasteiger partial charge in [-0.15, -0.1) is 0 Å². The van der Waals surface area contributed by atoms with Crippen molar-refractivity contribution < 1.29 is 14.3 Å². The summed E-state index contributed by atoms with van der Waals surface area (Å²) < 4.78 is 11.4. The molecule has 0 atom stereocenters. The third kappa shape index (κ3) is 5.25. The molecule has 0 bridgehead atoms. The lowest BCUT2D eigenvalue weighted by molar-refractivity contribution is -0.123. The van der Waals surface area contributed by atoms with Crippen LogP contribution in [0.2, 0.25) is 0 Å². The van der Waals surface area contributed by atoms with Gasteiger partial charge in [0.15, 0.2) is 16.7 Å². The highest BCUT2D eigenvalue weighted by Crippen LogP contribution is 2.36. The molecule has 0 aliphatic carbocycles. The predicted molar refractivity (Wildman–Crippen MR) is 124 cm³/mol. The van der Waals surface area contributed by atoms with Gasteiger partial charge in [0.05, 0.1) is 12.0 Å². The van der Waals surface area contributed by atoms with Crippen LogP contribution in [-0.4, -0.2) is 35.2 Å². The number of amides is 1. The second-order valence-electron chi connectivity index (χ2n) is 7.57. The summed E-state index contributed by atoms with van der Waals surface area (Å²) in [6.07, 6.45) is 1.89. The predicted octanol–water partition coefficient (Wildman–Crippen LogP) is 5.36. The molecule has 1 amide bonds. The molecule has 5 nitrogen and oxygen atoms in total. The van der Waals surface area contributed by atoms with E-state index in [1.807, 2.05) is 82.3 Å². The van der Waals surface area contributed by atoms with Gasteiger partial charge in [0.2, 0.25) is 0 Å². The van der Waals surface area contributed by atoms with Crippen molar-refractivity contribution in [3.63, 3.8) is 0 Å². The van der Waals surface area contributed by atoms with E-state index in [0.717, 1.165) is 16.3 Å². The summed E-state index contributed by atoms with van der Waals surface area (Å²) in [6.45, 7) is 8.47. The Morgan fingerprint density at radius 2 is 1.80 bits per heavy atom. The van der Waals surface area contributed by atoms with Crippen LogP contribution in [0.4, 0.5) is 0 Å². The maximum absolute atomic E-state index is 13.0. The van der Waals surface area contributed by atoms with Gasteiger partial charge in [-0.1, -0.05) is 36.4 Å². The average Bonchev–Trinajstić information content (AvgIpc) is 3.01. The number of hydrogen-bond acceptors (Lipinski definition) is 5. The zero-order chi connectivity index (χ0) is 21.7. The summed E-state index contributed by atoms with van der Waals surface area (Å²) in [4.78, 5) is 20.0. The fourth-order valence-electron chi connectivity index (χ4n) is 3.04. The number of aliphatic imine (C=N–C) groups is 1. The number of thioether (sulfide) groups is 1. The molecule has 1 aliphatic heterocycles. The Hall–Kier alpha value is -2.73. The molecule has 158 valence electrons. The first-order chi connectivity index (χ1) is 14.4. The van der Waals surface area contributed by atoms with E-state index in [1.165, 1.54) is 11.8 Å². The van der Waals surface area contributed by atoms with E-state index in [-0.39, 0.29) is 18.0 Å². The molecule has 0 unspecified atom stereocenters.